The predicted molar refractivity (Wildman–Crippen MR) is 72.8 cm³/mol. The van der Waals surface area contributed by atoms with Crippen molar-refractivity contribution in [2.45, 2.75) is 6.04 Å². The number of amidine groups is 1. The molecule has 1 saturated heterocycles. The minimum Gasteiger partial charge on any atom is -0.399 e. The Balaban J connectivity index is 1.91. The van der Waals surface area contributed by atoms with Gasteiger partial charge in [-0.3, -0.25) is 4.99 Å². The summed E-state index contributed by atoms with van der Waals surface area (Å²) in [5.41, 5.74) is 7.84. The van der Waals surface area contributed by atoms with E-state index in [1.807, 2.05) is 23.9 Å². The summed E-state index contributed by atoms with van der Waals surface area (Å²) in [7, 11) is 0. The van der Waals surface area contributed by atoms with Crippen LogP contribution < -0.4 is 5.73 Å². The zero-order valence-electron chi connectivity index (χ0n) is 8.69. The number of thioether (sulfide) groups is 1. The highest BCUT2D eigenvalue weighted by Gasteiger charge is 2.30. The van der Waals surface area contributed by atoms with E-state index in [2.05, 4.69) is 26.9 Å². The van der Waals surface area contributed by atoms with Gasteiger partial charge in [0, 0.05) is 29.0 Å². The Bertz CT molecular complexity index is 440. The molecule has 2 aliphatic heterocycles. The quantitative estimate of drug-likeness (QED) is 0.810. The van der Waals surface area contributed by atoms with Gasteiger partial charge in [0.05, 0.1) is 6.04 Å². The fraction of sp³-hybridized carbons (Fsp3) is 0.364. The summed E-state index contributed by atoms with van der Waals surface area (Å²) in [6.45, 7) is 2.13. The van der Waals surface area contributed by atoms with Crippen molar-refractivity contribution < 1.29 is 0 Å². The Morgan fingerprint density at radius 2 is 2.31 bits per heavy atom. The van der Waals surface area contributed by atoms with E-state index < -0.39 is 0 Å². The molecule has 1 unspecified atom stereocenters. The van der Waals surface area contributed by atoms with Crippen LogP contribution in [0.4, 0.5) is 5.69 Å². The third-order valence-corrected chi connectivity index (χ3v) is 4.32. The molecule has 0 aromatic heterocycles. The van der Waals surface area contributed by atoms with Crippen LogP contribution in [0.1, 0.15) is 11.6 Å². The monoisotopic (exact) mass is 297 g/mol. The van der Waals surface area contributed by atoms with E-state index in [9.17, 15) is 0 Å². The molecule has 0 aliphatic carbocycles. The molecule has 5 heteroatoms. The van der Waals surface area contributed by atoms with Crippen molar-refractivity contribution in [2.75, 3.05) is 24.6 Å². The number of anilines is 1. The maximum Gasteiger partial charge on any atom is 0.160 e. The highest BCUT2D eigenvalue weighted by Crippen LogP contribution is 2.33. The molecule has 3 nitrogen and oxygen atoms in total. The van der Waals surface area contributed by atoms with Crippen LogP contribution in [-0.4, -0.2) is 28.9 Å². The first-order valence-electron chi connectivity index (χ1n) is 5.24. The molecule has 0 radical (unpaired) electrons. The number of nitrogens with two attached hydrogens (primary N) is 1. The summed E-state index contributed by atoms with van der Waals surface area (Å²) >= 11 is 5.33. The summed E-state index contributed by atoms with van der Waals surface area (Å²) in [4.78, 5) is 7.09. The van der Waals surface area contributed by atoms with Crippen molar-refractivity contribution in [1.29, 1.82) is 0 Å². The molecule has 0 amide bonds. The van der Waals surface area contributed by atoms with Gasteiger partial charge in [-0.05, 0) is 23.8 Å². The van der Waals surface area contributed by atoms with Gasteiger partial charge >= 0.3 is 0 Å². The summed E-state index contributed by atoms with van der Waals surface area (Å²) in [5, 5.41) is 1.20. The zero-order valence-corrected chi connectivity index (χ0v) is 11.1. The van der Waals surface area contributed by atoms with E-state index >= 15 is 0 Å². The standard InChI is InChI=1S/C11H12BrN3S/c12-8-3-7(4-9(13)5-8)10-6-15-1-2-16-11(15)14-10/h3-5,10H,1-2,6,13H2. The maximum absolute atomic E-state index is 5.85. The molecule has 2 aliphatic rings. The Hall–Kier alpha value is -0.680. The number of nitrogens with zero attached hydrogens (tertiary/aromatic N) is 2. The number of hydrogen-bond donors (Lipinski definition) is 1. The minimum atomic E-state index is 0.252. The smallest absolute Gasteiger partial charge is 0.160 e. The summed E-state index contributed by atoms with van der Waals surface area (Å²) in [6, 6.07) is 6.30. The molecule has 0 bridgehead atoms. The number of rotatable bonds is 1. The first-order valence-corrected chi connectivity index (χ1v) is 7.02. The van der Waals surface area contributed by atoms with E-state index in [0.29, 0.717) is 0 Å². The molecule has 2 N–H and O–H groups in total. The second-order valence-electron chi connectivity index (χ2n) is 4.04. The van der Waals surface area contributed by atoms with Crippen LogP contribution in [0.15, 0.2) is 27.7 Å². The molecular formula is C11H12BrN3S. The normalized spacial score (nSPS) is 23.4. The third-order valence-electron chi connectivity index (χ3n) is 2.85. The van der Waals surface area contributed by atoms with Gasteiger partial charge in [0.25, 0.3) is 0 Å². The van der Waals surface area contributed by atoms with E-state index in [4.69, 9.17) is 10.7 Å². The summed E-state index contributed by atoms with van der Waals surface area (Å²) in [5.74, 6) is 1.17. The summed E-state index contributed by atoms with van der Waals surface area (Å²) in [6.07, 6.45) is 0. The number of fused-ring (bicyclic) bond motifs is 1. The van der Waals surface area contributed by atoms with Gasteiger partial charge in [0.15, 0.2) is 5.17 Å². The third kappa shape index (κ3) is 1.82. The van der Waals surface area contributed by atoms with E-state index in [1.165, 1.54) is 16.5 Å². The van der Waals surface area contributed by atoms with Gasteiger partial charge in [-0.15, -0.1) is 0 Å². The molecule has 84 valence electrons. The fourth-order valence-corrected chi connectivity index (χ4v) is 3.69. The Morgan fingerprint density at radius 1 is 1.44 bits per heavy atom. The van der Waals surface area contributed by atoms with Crippen LogP contribution >= 0.6 is 27.7 Å². The van der Waals surface area contributed by atoms with Crippen LogP contribution in [0.25, 0.3) is 0 Å². The molecule has 1 aromatic carbocycles. The maximum atomic E-state index is 5.85. The Morgan fingerprint density at radius 3 is 3.06 bits per heavy atom. The van der Waals surface area contributed by atoms with Crippen molar-refractivity contribution >= 4 is 38.5 Å². The molecule has 2 heterocycles. The van der Waals surface area contributed by atoms with Gasteiger partial charge in [-0.1, -0.05) is 27.7 Å². The average molecular weight is 298 g/mol. The van der Waals surface area contributed by atoms with Crippen molar-refractivity contribution in [2.24, 2.45) is 4.99 Å². The second kappa shape index (κ2) is 3.96. The van der Waals surface area contributed by atoms with Crippen LogP contribution in [0.2, 0.25) is 0 Å². The zero-order chi connectivity index (χ0) is 11.1. The van der Waals surface area contributed by atoms with Crippen molar-refractivity contribution in [1.82, 2.24) is 4.90 Å². The SMILES string of the molecule is Nc1cc(Br)cc(C2CN3CCSC3=N2)c1. The lowest BCUT2D eigenvalue weighted by Crippen LogP contribution is -2.21. The molecule has 3 rings (SSSR count). The minimum absolute atomic E-state index is 0.252. The number of nitrogen functional groups attached to an aromatic ring is 1. The molecule has 1 aromatic rings. The first-order chi connectivity index (χ1) is 7.72. The lowest BCUT2D eigenvalue weighted by molar-refractivity contribution is 0.464. The largest absolute Gasteiger partial charge is 0.399 e. The molecule has 0 spiro atoms. The van der Waals surface area contributed by atoms with E-state index in [1.54, 1.807) is 0 Å². The van der Waals surface area contributed by atoms with Gasteiger partial charge in [0.1, 0.15) is 0 Å². The second-order valence-corrected chi connectivity index (χ2v) is 6.02. The van der Waals surface area contributed by atoms with Gasteiger partial charge < -0.3 is 10.6 Å². The van der Waals surface area contributed by atoms with Gasteiger partial charge in [0.2, 0.25) is 0 Å². The van der Waals surface area contributed by atoms with Crippen molar-refractivity contribution in [3.63, 3.8) is 0 Å². The average Bonchev–Trinajstić information content (AvgIpc) is 2.74. The highest BCUT2D eigenvalue weighted by atomic mass is 79.9. The van der Waals surface area contributed by atoms with E-state index in [-0.39, 0.29) is 6.04 Å². The number of benzene rings is 1. The van der Waals surface area contributed by atoms with Gasteiger partial charge in [-0.2, -0.15) is 0 Å². The summed E-state index contributed by atoms with van der Waals surface area (Å²) < 4.78 is 1.03. The number of hydrogen-bond acceptors (Lipinski definition) is 4. The number of aliphatic imine (C=N–C) groups is 1. The van der Waals surface area contributed by atoms with Crippen molar-refractivity contribution in [3.8, 4) is 0 Å². The molecule has 1 fully saturated rings. The highest BCUT2D eigenvalue weighted by molar-refractivity contribution is 9.10. The molecule has 16 heavy (non-hydrogen) atoms. The van der Waals surface area contributed by atoms with Crippen LogP contribution in [0, 0.1) is 0 Å². The van der Waals surface area contributed by atoms with Crippen molar-refractivity contribution in [3.05, 3.63) is 28.2 Å². The Kier molecular flexibility index (Phi) is 2.59. The van der Waals surface area contributed by atoms with Crippen LogP contribution in [0.5, 0.6) is 0 Å². The predicted octanol–water partition coefficient (Wildman–Crippen LogP) is 2.49. The number of halogens is 1. The van der Waals surface area contributed by atoms with Crippen LogP contribution in [0.3, 0.4) is 0 Å². The molecule has 1 atom stereocenters. The first kappa shape index (κ1) is 10.5. The molecular weight excluding hydrogens is 286 g/mol. The van der Waals surface area contributed by atoms with E-state index in [0.717, 1.165) is 23.2 Å². The lowest BCUT2D eigenvalue weighted by Gasteiger charge is -2.13. The lowest BCUT2D eigenvalue weighted by atomic mass is 10.1. The fourth-order valence-electron chi connectivity index (χ4n) is 2.11. The Labute approximate surface area is 107 Å². The molecule has 0 saturated carbocycles. The van der Waals surface area contributed by atoms with Crippen LogP contribution in [-0.2, 0) is 0 Å². The van der Waals surface area contributed by atoms with Gasteiger partial charge in [-0.25, -0.2) is 0 Å². The topological polar surface area (TPSA) is 41.6 Å².